The van der Waals surface area contributed by atoms with Gasteiger partial charge in [-0.1, -0.05) is 47.5 Å². The number of anilines is 1. The van der Waals surface area contributed by atoms with Crippen molar-refractivity contribution in [3.8, 4) is 5.75 Å². The number of nitrogens with two attached hydrogens (primary N) is 1. The van der Waals surface area contributed by atoms with Crippen LogP contribution in [-0.4, -0.2) is 10.4 Å². The fourth-order valence-corrected chi connectivity index (χ4v) is 3.00. The van der Waals surface area contributed by atoms with Crippen LogP contribution in [0.1, 0.15) is 11.1 Å². The molecule has 0 unspecified atom stereocenters. The van der Waals surface area contributed by atoms with Gasteiger partial charge in [0.15, 0.2) is 0 Å². The van der Waals surface area contributed by atoms with Crippen molar-refractivity contribution in [2.24, 2.45) is 0 Å². The third-order valence-electron chi connectivity index (χ3n) is 3.60. The summed E-state index contributed by atoms with van der Waals surface area (Å²) in [6.45, 7) is 0. The van der Waals surface area contributed by atoms with Crippen molar-refractivity contribution in [2.75, 3.05) is 5.73 Å². The summed E-state index contributed by atoms with van der Waals surface area (Å²) in [5.74, 6) is 0.0546. The number of hydrogen-bond donors (Lipinski definition) is 3. The number of phenols is 1. The molecule has 5 nitrogen and oxygen atoms in total. The quantitative estimate of drug-likeness (QED) is 0.282. The molecular formula is C17H15NO4S. The molecule has 0 radical (unpaired) electrons. The number of phenolic OH excluding ortho intramolecular Hbond substituents is 1. The van der Waals surface area contributed by atoms with Crippen LogP contribution in [0.5, 0.6) is 5.75 Å². The van der Waals surface area contributed by atoms with Gasteiger partial charge in [-0.05, 0) is 35.1 Å². The summed E-state index contributed by atoms with van der Waals surface area (Å²) in [5, 5.41) is 23.4. The van der Waals surface area contributed by atoms with Gasteiger partial charge >= 0.3 is 0 Å². The minimum Gasteiger partial charge on any atom is -0.507 e. The highest BCUT2D eigenvalue weighted by molar-refractivity contribution is 7.94. The Morgan fingerprint density at radius 1 is 1.04 bits per heavy atom. The zero-order valence-electron chi connectivity index (χ0n) is 12.1. The van der Waals surface area contributed by atoms with E-state index in [2.05, 4.69) is 9.37 Å². The average molecular weight is 329 g/mol. The summed E-state index contributed by atoms with van der Waals surface area (Å²) < 4.78 is 4.39. The molecule has 3 rings (SSSR count). The lowest BCUT2D eigenvalue weighted by molar-refractivity contribution is -0.432. The Hall–Kier alpha value is -2.25. The summed E-state index contributed by atoms with van der Waals surface area (Å²) in [5.41, 5.74) is 8.92. The maximum absolute atomic E-state index is 10.3. The maximum atomic E-state index is 10.3. The maximum Gasteiger partial charge on any atom is 0.126 e. The lowest BCUT2D eigenvalue weighted by Gasteiger charge is -2.12. The number of hydrogen-bond acceptors (Lipinski definition) is 6. The van der Waals surface area contributed by atoms with Crippen molar-refractivity contribution in [1.82, 2.24) is 0 Å². The molecule has 0 heterocycles. The molecule has 0 aliphatic carbocycles. The van der Waals surface area contributed by atoms with E-state index in [0.29, 0.717) is 22.4 Å². The van der Waals surface area contributed by atoms with Crippen molar-refractivity contribution in [1.29, 1.82) is 0 Å². The van der Waals surface area contributed by atoms with E-state index in [-0.39, 0.29) is 5.75 Å². The predicted octanol–water partition coefficient (Wildman–Crippen LogP) is 4.15. The number of fused-ring (bicyclic) bond motifs is 1. The molecule has 0 aromatic heterocycles. The second kappa shape index (κ2) is 6.89. The van der Waals surface area contributed by atoms with Gasteiger partial charge in [-0.25, -0.2) is 5.26 Å². The van der Waals surface area contributed by atoms with Gasteiger partial charge in [0.25, 0.3) is 0 Å². The van der Waals surface area contributed by atoms with Crippen molar-refractivity contribution in [3.05, 3.63) is 65.7 Å². The SMILES string of the molecule is Nc1c(Cc2ccccc2)ccc2cc(SOOO)cc(O)c12. The second-order valence-electron chi connectivity index (χ2n) is 5.07. The lowest BCUT2D eigenvalue weighted by Crippen LogP contribution is -1.97. The molecule has 118 valence electrons. The molecule has 0 aliphatic heterocycles. The van der Waals surface area contributed by atoms with Gasteiger partial charge in [0.1, 0.15) is 5.75 Å². The van der Waals surface area contributed by atoms with Crippen LogP contribution >= 0.6 is 12.0 Å². The molecule has 0 spiro atoms. The molecule has 3 aromatic carbocycles. The molecule has 0 fully saturated rings. The molecule has 0 saturated carbocycles. The molecule has 0 aliphatic rings. The van der Waals surface area contributed by atoms with Crippen LogP contribution in [0, 0.1) is 0 Å². The Kier molecular flexibility index (Phi) is 4.68. The fraction of sp³-hybridized carbons (Fsp3) is 0.0588. The van der Waals surface area contributed by atoms with Gasteiger partial charge in [-0.2, -0.15) is 0 Å². The van der Waals surface area contributed by atoms with E-state index in [1.807, 2.05) is 42.5 Å². The Labute approximate surface area is 137 Å². The van der Waals surface area contributed by atoms with Crippen LogP contribution in [-0.2, 0) is 15.8 Å². The Bertz CT molecular complexity index is 824. The Morgan fingerprint density at radius 3 is 2.57 bits per heavy atom. The van der Waals surface area contributed by atoms with E-state index in [9.17, 15) is 5.11 Å². The largest absolute Gasteiger partial charge is 0.507 e. The highest BCUT2D eigenvalue weighted by atomic mass is 32.2. The number of rotatable bonds is 5. The molecule has 3 aromatic rings. The van der Waals surface area contributed by atoms with E-state index in [0.717, 1.165) is 28.6 Å². The molecule has 4 N–H and O–H groups in total. The summed E-state index contributed by atoms with van der Waals surface area (Å²) in [4.78, 5) is 0.583. The van der Waals surface area contributed by atoms with Crippen LogP contribution < -0.4 is 5.73 Å². The van der Waals surface area contributed by atoms with Gasteiger partial charge in [0.05, 0.1) is 12.0 Å². The summed E-state index contributed by atoms with van der Waals surface area (Å²) in [6.07, 6.45) is 0.694. The third-order valence-corrected chi connectivity index (χ3v) is 4.16. The average Bonchev–Trinajstić information content (AvgIpc) is 2.56. The van der Waals surface area contributed by atoms with Crippen molar-refractivity contribution in [2.45, 2.75) is 11.3 Å². The first-order chi connectivity index (χ1) is 11.2. The molecule has 23 heavy (non-hydrogen) atoms. The van der Waals surface area contributed by atoms with Gasteiger partial charge < -0.3 is 10.8 Å². The van der Waals surface area contributed by atoms with Crippen LogP contribution in [0.15, 0.2) is 59.5 Å². The summed E-state index contributed by atoms with van der Waals surface area (Å²) >= 11 is 0.789. The zero-order valence-corrected chi connectivity index (χ0v) is 12.9. The highest BCUT2D eigenvalue weighted by Crippen LogP contribution is 2.37. The molecule has 6 heteroatoms. The summed E-state index contributed by atoms with van der Waals surface area (Å²) in [7, 11) is 0. The molecule has 0 saturated heterocycles. The van der Waals surface area contributed by atoms with Crippen LogP contribution in [0.4, 0.5) is 5.69 Å². The number of nitrogen functional groups attached to an aromatic ring is 1. The minimum atomic E-state index is 0.0546. The fourth-order valence-electron chi connectivity index (χ4n) is 2.56. The monoisotopic (exact) mass is 329 g/mol. The Morgan fingerprint density at radius 2 is 1.83 bits per heavy atom. The molecule has 0 bridgehead atoms. The predicted molar refractivity (Wildman–Crippen MR) is 89.9 cm³/mol. The highest BCUT2D eigenvalue weighted by Gasteiger charge is 2.11. The normalized spacial score (nSPS) is 11.0. The standard InChI is InChI=1S/C17H15NO4S/c18-17-13(8-11-4-2-1-3-5-11)7-6-12-9-14(23-22-21-20)10-15(19)16(12)17/h1-7,9-10,19-20H,8,18H2. The van der Waals surface area contributed by atoms with Crippen molar-refractivity contribution < 1.29 is 19.7 Å². The molecular weight excluding hydrogens is 314 g/mol. The van der Waals surface area contributed by atoms with E-state index in [1.165, 1.54) is 6.07 Å². The van der Waals surface area contributed by atoms with E-state index < -0.39 is 0 Å². The third kappa shape index (κ3) is 3.40. The minimum absolute atomic E-state index is 0.0546. The van der Waals surface area contributed by atoms with E-state index >= 15 is 0 Å². The van der Waals surface area contributed by atoms with Gasteiger partial charge in [-0.3, -0.25) is 0 Å². The summed E-state index contributed by atoms with van der Waals surface area (Å²) in [6, 6.07) is 17.2. The van der Waals surface area contributed by atoms with Crippen LogP contribution in [0.3, 0.4) is 0 Å². The first kappa shape index (κ1) is 15.6. The lowest BCUT2D eigenvalue weighted by atomic mass is 9.98. The van der Waals surface area contributed by atoms with Crippen molar-refractivity contribution >= 4 is 28.5 Å². The number of benzene rings is 3. The van der Waals surface area contributed by atoms with Crippen molar-refractivity contribution in [3.63, 3.8) is 0 Å². The zero-order chi connectivity index (χ0) is 16.2. The first-order valence-corrected chi connectivity index (χ1v) is 7.66. The smallest absolute Gasteiger partial charge is 0.126 e. The number of aromatic hydroxyl groups is 1. The topological polar surface area (TPSA) is 84.9 Å². The Balaban J connectivity index is 2.00. The van der Waals surface area contributed by atoms with Crippen LogP contribution in [0.2, 0.25) is 0 Å². The van der Waals surface area contributed by atoms with E-state index in [1.54, 1.807) is 6.07 Å². The molecule has 0 amide bonds. The first-order valence-electron chi connectivity index (χ1n) is 6.92. The van der Waals surface area contributed by atoms with Gasteiger partial charge in [0.2, 0.25) is 0 Å². The van der Waals surface area contributed by atoms with E-state index in [4.69, 9.17) is 11.0 Å². The molecule has 0 atom stereocenters. The van der Waals surface area contributed by atoms with Gasteiger partial charge in [-0.15, -0.1) is 4.33 Å². The van der Waals surface area contributed by atoms with Gasteiger partial charge in [0, 0.05) is 16.0 Å². The second-order valence-corrected chi connectivity index (χ2v) is 5.84. The van der Waals surface area contributed by atoms with Crippen LogP contribution in [0.25, 0.3) is 10.8 Å².